The summed E-state index contributed by atoms with van der Waals surface area (Å²) < 4.78 is 5.26. The maximum atomic E-state index is 6.43. The van der Waals surface area contributed by atoms with Gasteiger partial charge in [-0.25, -0.2) is 0 Å². The first kappa shape index (κ1) is 14.1. The van der Waals surface area contributed by atoms with Crippen molar-refractivity contribution < 1.29 is 4.74 Å². The van der Waals surface area contributed by atoms with Crippen LogP contribution in [0.4, 0.5) is 0 Å². The maximum absolute atomic E-state index is 6.43. The predicted molar refractivity (Wildman–Crippen MR) is 90.3 cm³/mol. The van der Waals surface area contributed by atoms with Crippen molar-refractivity contribution in [2.45, 2.75) is 19.9 Å². The summed E-state index contributed by atoms with van der Waals surface area (Å²) in [5, 5.41) is 2.36. The Bertz CT molecular complexity index is 772. The Kier molecular flexibility index (Phi) is 3.70. The minimum absolute atomic E-state index is 0.0612. The zero-order valence-corrected chi connectivity index (χ0v) is 13.3. The predicted octanol–water partition coefficient (Wildman–Crippen LogP) is 4.57. The molecule has 3 heteroatoms. The summed E-state index contributed by atoms with van der Waals surface area (Å²) in [6.45, 7) is 4.28. The molecule has 0 radical (unpaired) electrons. The number of fused-ring (bicyclic) bond motifs is 1. The van der Waals surface area contributed by atoms with E-state index in [1.54, 1.807) is 18.4 Å². The number of hydrogen-bond acceptors (Lipinski definition) is 3. The van der Waals surface area contributed by atoms with Crippen molar-refractivity contribution in [2.75, 3.05) is 7.11 Å². The van der Waals surface area contributed by atoms with Gasteiger partial charge in [-0.3, -0.25) is 0 Å². The van der Waals surface area contributed by atoms with E-state index in [-0.39, 0.29) is 6.04 Å². The van der Waals surface area contributed by atoms with Crippen LogP contribution in [0.3, 0.4) is 0 Å². The number of ether oxygens (including phenoxy) is 1. The van der Waals surface area contributed by atoms with Gasteiger partial charge in [0.1, 0.15) is 5.75 Å². The van der Waals surface area contributed by atoms with E-state index < -0.39 is 0 Å². The Morgan fingerprint density at radius 3 is 2.38 bits per heavy atom. The monoisotopic (exact) mass is 297 g/mol. The van der Waals surface area contributed by atoms with E-state index in [4.69, 9.17) is 10.5 Å². The summed E-state index contributed by atoms with van der Waals surface area (Å²) in [7, 11) is 1.69. The molecule has 0 amide bonds. The van der Waals surface area contributed by atoms with Crippen LogP contribution < -0.4 is 10.5 Å². The van der Waals surface area contributed by atoms with E-state index in [0.29, 0.717) is 0 Å². The van der Waals surface area contributed by atoms with Gasteiger partial charge in [-0.05, 0) is 60.0 Å². The zero-order valence-electron chi connectivity index (χ0n) is 12.5. The summed E-state index contributed by atoms with van der Waals surface area (Å²) in [6, 6.07) is 14.6. The third-order valence-corrected chi connectivity index (χ3v) is 5.16. The highest BCUT2D eigenvalue weighted by atomic mass is 32.1. The molecule has 1 atom stereocenters. The molecule has 0 aliphatic rings. The molecular weight excluding hydrogens is 278 g/mol. The molecule has 1 heterocycles. The molecule has 3 rings (SSSR count). The highest BCUT2D eigenvalue weighted by molar-refractivity contribution is 7.12. The fourth-order valence-corrected chi connectivity index (χ4v) is 3.55. The largest absolute Gasteiger partial charge is 0.497 e. The van der Waals surface area contributed by atoms with Gasteiger partial charge >= 0.3 is 0 Å². The highest BCUT2D eigenvalue weighted by Gasteiger charge is 2.13. The van der Waals surface area contributed by atoms with Crippen LogP contribution in [0.15, 0.2) is 42.5 Å². The summed E-state index contributed by atoms with van der Waals surface area (Å²) in [4.78, 5) is 2.56. The molecule has 0 saturated heterocycles. The lowest BCUT2D eigenvalue weighted by Crippen LogP contribution is -2.09. The summed E-state index contributed by atoms with van der Waals surface area (Å²) >= 11 is 1.78. The second kappa shape index (κ2) is 5.51. The average Bonchev–Trinajstić information content (AvgIpc) is 2.85. The van der Waals surface area contributed by atoms with Gasteiger partial charge in [-0.1, -0.05) is 18.2 Å². The second-order valence-corrected chi connectivity index (χ2v) is 6.63. The van der Waals surface area contributed by atoms with Crippen molar-refractivity contribution in [2.24, 2.45) is 5.73 Å². The Hall–Kier alpha value is -1.84. The second-order valence-electron chi connectivity index (χ2n) is 5.34. The van der Waals surface area contributed by atoms with Crippen LogP contribution in [0.25, 0.3) is 10.8 Å². The number of rotatable bonds is 3. The molecule has 0 spiro atoms. The van der Waals surface area contributed by atoms with E-state index in [9.17, 15) is 0 Å². The zero-order chi connectivity index (χ0) is 15.0. The lowest BCUT2D eigenvalue weighted by molar-refractivity contribution is 0.415. The number of thiophene rings is 1. The number of benzene rings is 2. The van der Waals surface area contributed by atoms with Gasteiger partial charge in [0.15, 0.2) is 0 Å². The fraction of sp³-hybridized carbons (Fsp3) is 0.222. The Balaban J connectivity index is 2.00. The molecule has 2 aromatic carbocycles. The fourth-order valence-electron chi connectivity index (χ4n) is 2.48. The molecule has 2 nitrogen and oxygen atoms in total. The molecule has 0 saturated carbocycles. The van der Waals surface area contributed by atoms with Gasteiger partial charge < -0.3 is 10.5 Å². The normalized spacial score (nSPS) is 12.6. The minimum atomic E-state index is -0.0612. The first-order chi connectivity index (χ1) is 10.1. The lowest BCUT2D eigenvalue weighted by atomic mass is 10.0. The highest BCUT2D eigenvalue weighted by Crippen LogP contribution is 2.31. The van der Waals surface area contributed by atoms with E-state index in [0.717, 1.165) is 11.3 Å². The topological polar surface area (TPSA) is 35.2 Å². The molecule has 2 N–H and O–H groups in total. The molecule has 1 unspecified atom stereocenters. The SMILES string of the molecule is COc1ccc2cc(C(N)c3cc(C)c(C)s3)ccc2c1. The standard InChI is InChI=1S/C18H19NOS/c1-11-8-17(21-12(11)2)18(19)15-5-4-14-10-16(20-3)7-6-13(14)9-15/h4-10,18H,19H2,1-3H3. The van der Waals surface area contributed by atoms with Crippen LogP contribution in [0.1, 0.15) is 26.9 Å². The first-order valence-electron chi connectivity index (χ1n) is 6.98. The van der Waals surface area contributed by atoms with Crippen molar-refractivity contribution in [3.63, 3.8) is 0 Å². The third-order valence-electron chi connectivity index (χ3n) is 3.92. The van der Waals surface area contributed by atoms with Crippen LogP contribution in [0.2, 0.25) is 0 Å². The molecule has 108 valence electrons. The Labute approximate surface area is 129 Å². The van der Waals surface area contributed by atoms with Crippen molar-refractivity contribution in [3.8, 4) is 5.75 Å². The smallest absolute Gasteiger partial charge is 0.119 e. The van der Waals surface area contributed by atoms with Crippen molar-refractivity contribution in [1.82, 2.24) is 0 Å². The van der Waals surface area contributed by atoms with Gasteiger partial charge in [-0.2, -0.15) is 0 Å². The number of nitrogens with two attached hydrogens (primary N) is 1. The summed E-state index contributed by atoms with van der Waals surface area (Å²) in [6.07, 6.45) is 0. The van der Waals surface area contributed by atoms with Crippen LogP contribution >= 0.6 is 11.3 Å². The van der Waals surface area contributed by atoms with E-state index in [1.165, 1.54) is 26.1 Å². The van der Waals surface area contributed by atoms with Crippen molar-refractivity contribution in [1.29, 1.82) is 0 Å². The van der Waals surface area contributed by atoms with Gasteiger partial charge in [0, 0.05) is 9.75 Å². The third kappa shape index (κ3) is 2.67. The van der Waals surface area contributed by atoms with Crippen molar-refractivity contribution in [3.05, 3.63) is 63.3 Å². The molecule has 1 aromatic heterocycles. The van der Waals surface area contributed by atoms with E-state index in [2.05, 4.69) is 44.2 Å². The Morgan fingerprint density at radius 2 is 1.71 bits per heavy atom. The van der Waals surface area contributed by atoms with Crippen LogP contribution in [-0.4, -0.2) is 7.11 Å². The van der Waals surface area contributed by atoms with E-state index >= 15 is 0 Å². The van der Waals surface area contributed by atoms with Gasteiger partial charge in [-0.15, -0.1) is 11.3 Å². The molecule has 21 heavy (non-hydrogen) atoms. The molecule has 0 aliphatic heterocycles. The van der Waals surface area contributed by atoms with Gasteiger partial charge in [0.25, 0.3) is 0 Å². The molecule has 0 fully saturated rings. The number of aryl methyl sites for hydroxylation is 2. The van der Waals surface area contributed by atoms with Crippen molar-refractivity contribution >= 4 is 22.1 Å². The summed E-state index contributed by atoms with van der Waals surface area (Å²) in [5.41, 5.74) is 8.89. The molecule has 0 bridgehead atoms. The van der Waals surface area contributed by atoms with Gasteiger partial charge in [0.2, 0.25) is 0 Å². The van der Waals surface area contributed by atoms with Gasteiger partial charge in [0.05, 0.1) is 13.2 Å². The average molecular weight is 297 g/mol. The molecule has 0 aliphatic carbocycles. The van der Waals surface area contributed by atoms with Crippen LogP contribution in [0.5, 0.6) is 5.75 Å². The minimum Gasteiger partial charge on any atom is -0.497 e. The lowest BCUT2D eigenvalue weighted by Gasteiger charge is -2.11. The summed E-state index contributed by atoms with van der Waals surface area (Å²) in [5.74, 6) is 0.879. The maximum Gasteiger partial charge on any atom is 0.119 e. The number of hydrogen-bond donors (Lipinski definition) is 1. The van der Waals surface area contributed by atoms with E-state index in [1.807, 2.05) is 12.1 Å². The quantitative estimate of drug-likeness (QED) is 0.768. The Morgan fingerprint density at radius 1 is 1.00 bits per heavy atom. The molecule has 3 aromatic rings. The number of methoxy groups -OCH3 is 1. The van der Waals surface area contributed by atoms with Crippen LogP contribution in [0, 0.1) is 13.8 Å². The first-order valence-corrected chi connectivity index (χ1v) is 7.80. The van der Waals surface area contributed by atoms with Crippen LogP contribution in [-0.2, 0) is 0 Å². The molecular formula is C18H19NOS.